The fraction of sp³-hybridized carbons (Fsp3) is 1.00. The molecule has 2 N–H and O–H groups in total. The highest BCUT2D eigenvalue weighted by Crippen LogP contribution is 2.12. The number of piperidine rings is 1. The van der Waals surface area contributed by atoms with Crippen molar-refractivity contribution in [3.63, 3.8) is 0 Å². The van der Waals surface area contributed by atoms with Crippen LogP contribution in [0.2, 0.25) is 0 Å². The van der Waals surface area contributed by atoms with Crippen LogP contribution in [-0.4, -0.2) is 45.1 Å². The molecular weight excluding hydrogens is 221 g/mol. The maximum Gasteiger partial charge on any atom is 0.401 e. The van der Waals surface area contributed by atoms with Crippen LogP contribution in [0.3, 0.4) is 0 Å². The first-order valence-electron chi connectivity index (χ1n) is 5.68. The van der Waals surface area contributed by atoms with Crippen molar-refractivity contribution in [2.24, 2.45) is 0 Å². The molecule has 0 unspecified atom stereocenters. The summed E-state index contributed by atoms with van der Waals surface area (Å²) in [5.41, 5.74) is 0. The van der Waals surface area contributed by atoms with Gasteiger partial charge in [0.2, 0.25) is 0 Å². The average molecular weight is 240 g/mol. The summed E-state index contributed by atoms with van der Waals surface area (Å²) in [4.78, 5) is 0. The zero-order valence-corrected chi connectivity index (χ0v) is 9.28. The molecule has 0 bridgehead atoms. The van der Waals surface area contributed by atoms with E-state index >= 15 is 0 Å². The third-order valence-electron chi connectivity index (χ3n) is 2.46. The minimum Gasteiger partial charge on any atom is -0.378 e. The van der Waals surface area contributed by atoms with Gasteiger partial charge in [0.05, 0.1) is 12.6 Å². The summed E-state index contributed by atoms with van der Waals surface area (Å²) in [5, 5.41) is 5.57. The maximum atomic E-state index is 11.8. The molecule has 96 valence electrons. The lowest BCUT2D eigenvalue weighted by Crippen LogP contribution is -2.33. The second-order valence-electron chi connectivity index (χ2n) is 3.97. The highest BCUT2D eigenvalue weighted by Gasteiger charge is 2.25. The van der Waals surface area contributed by atoms with Crippen LogP contribution < -0.4 is 10.6 Å². The van der Waals surface area contributed by atoms with Gasteiger partial charge in [-0.2, -0.15) is 13.2 Å². The van der Waals surface area contributed by atoms with Gasteiger partial charge in [0.15, 0.2) is 0 Å². The van der Waals surface area contributed by atoms with Crippen molar-refractivity contribution >= 4 is 0 Å². The number of hydrogen-bond acceptors (Lipinski definition) is 3. The molecule has 1 aliphatic heterocycles. The van der Waals surface area contributed by atoms with E-state index < -0.39 is 12.7 Å². The van der Waals surface area contributed by atoms with E-state index in [2.05, 4.69) is 10.6 Å². The molecule has 0 aromatic carbocycles. The molecule has 0 aromatic heterocycles. The van der Waals surface area contributed by atoms with E-state index in [4.69, 9.17) is 4.74 Å². The van der Waals surface area contributed by atoms with Crippen LogP contribution in [0.15, 0.2) is 0 Å². The van der Waals surface area contributed by atoms with Crippen molar-refractivity contribution in [2.45, 2.75) is 31.5 Å². The standard InChI is InChI=1S/C10H19F3N2O/c11-10(12,13)8-15-4-1-7-16-9-2-5-14-6-3-9/h9,14-15H,1-8H2. The van der Waals surface area contributed by atoms with Gasteiger partial charge in [-0.25, -0.2) is 0 Å². The lowest BCUT2D eigenvalue weighted by atomic mass is 10.1. The van der Waals surface area contributed by atoms with Crippen molar-refractivity contribution in [3.05, 3.63) is 0 Å². The van der Waals surface area contributed by atoms with Crippen molar-refractivity contribution in [1.29, 1.82) is 0 Å². The van der Waals surface area contributed by atoms with Crippen molar-refractivity contribution in [3.8, 4) is 0 Å². The second kappa shape index (κ2) is 7.09. The number of rotatable bonds is 6. The number of ether oxygens (including phenoxy) is 1. The smallest absolute Gasteiger partial charge is 0.378 e. The van der Waals surface area contributed by atoms with Gasteiger partial charge < -0.3 is 15.4 Å². The van der Waals surface area contributed by atoms with Crippen LogP contribution in [0.25, 0.3) is 0 Å². The fourth-order valence-electron chi connectivity index (χ4n) is 1.64. The molecule has 0 aliphatic carbocycles. The maximum absolute atomic E-state index is 11.8. The molecule has 6 heteroatoms. The quantitative estimate of drug-likeness (QED) is 0.686. The first-order valence-corrected chi connectivity index (χ1v) is 5.68. The molecule has 16 heavy (non-hydrogen) atoms. The third kappa shape index (κ3) is 7.03. The van der Waals surface area contributed by atoms with Crippen LogP contribution in [-0.2, 0) is 4.74 Å². The van der Waals surface area contributed by atoms with E-state index in [9.17, 15) is 13.2 Å². The van der Waals surface area contributed by atoms with E-state index in [1.54, 1.807) is 0 Å². The van der Waals surface area contributed by atoms with E-state index in [1.807, 2.05) is 0 Å². The summed E-state index contributed by atoms with van der Waals surface area (Å²) in [6, 6.07) is 0. The zero-order chi connectivity index (χ0) is 11.9. The lowest BCUT2D eigenvalue weighted by Gasteiger charge is -2.22. The monoisotopic (exact) mass is 240 g/mol. The third-order valence-corrected chi connectivity index (χ3v) is 2.46. The molecule has 0 saturated carbocycles. The molecular formula is C10H19F3N2O. The summed E-state index contributed by atoms with van der Waals surface area (Å²) in [6.07, 6.45) is -1.22. The van der Waals surface area contributed by atoms with Crippen LogP contribution in [0.1, 0.15) is 19.3 Å². The SMILES string of the molecule is FC(F)(F)CNCCCOC1CCNCC1. The molecule has 0 aromatic rings. The average Bonchev–Trinajstić information content (AvgIpc) is 2.23. The Bertz CT molecular complexity index is 181. The van der Waals surface area contributed by atoms with Gasteiger partial charge in [0.25, 0.3) is 0 Å². The highest BCUT2D eigenvalue weighted by molar-refractivity contribution is 4.68. The molecule has 0 radical (unpaired) electrons. The second-order valence-corrected chi connectivity index (χ2v) is 3.97. The summed E-state index contributed by atoms with van der Waals surface area (Å²) in [7, 11) is 0. The van der Waals surface area contributed by atoms with Crippen LogP contribution >= 0.6 is 0 Å². The summed E-state index contributed by atoms with van der Waals surface area (Å²) in [5.74, 6) is 0. The Morgan fingerprint density at radius 3 is 2.56 bits per heavy atom. The molecule has 1 heterocycles. The summed E-state index contributed by atoms with van der Waals surface area (Å²) >= 11 is 0. The van der Waals surface area contributed by atoms with Crippen LogP contribution in [0, 0.1) is 0 Å². The molecule has 1 saturated heterocycles. The molecule has 0 amide bonds. The Morgan fingerprint density at radius 1 is 1.25 bits per heavy atom. The minimum absolute atomic E-state index is 0.281. The van der Waals surface area contributed by atoms with Crippen LogP contribution in [0.5, 0.6) is 0 Å². The Balaban J connectivity index is 1.87. The molecule has 0 atom stereocenters. The number of nitrogens with one attached hydrogen (secondary N) is 2. The molecule has 1 fully saturated rings. The number of alkyl halides is 3. The first kappa shape index (κ1) is 13.7. The Hall–Kier alpha value is -0.330. The Labute approximate surface area is 93.7 Å². The fourth-order valence-corrected chi connectivity index (χ4v) is 1.64. The van der Waals surface area contributed by atoms with Crippen molar-refractivity contribution in [1.82, 2.24) is 10.6 Å². The van der Waals surface area contributed by atoms with E-state index in [0.717, 1.165) is 25.9 Å². The Kier molecular flexibility index (Phi) is 6.08. The molecule has 1 rings (SSSR count). The van der Waals surface area contributed by atoms with Gasteiger partial charge >= 0.3 is 6.18 Å². The molecule has 3 nitrogen and oxygen atoms in total. The highest BCUT2D eigenvalue weighted by atomic mass is 19.4. The van der Waals surface area contributed by atoms with Gasteiger partial charge in [-0.05, 0) is 38.9 Å². The Morgan fingerprint density at radius 2 is 1.94 bits per heavy atom. The summed E-state index contributed by atoms with van der Waals surface area (Å²) in [6.45, 7) is 1.91. The van der Waals surface area contributed by atoms with Gasteiger partial charge in [-0.3, -0.25) is 0 Å². The van der Waals surface area contributed by atoms with E-state index in [1.165, 1.54) is 0 Å². The predicted octanol–water partition coefficient (Wildman–Crippen LogP) is 1.30. The topological polar surface area (TPSA) is 33.3 Å². The van der Waals surface area contributed by atoms with E-state index in [0.29, 0.717) is 19.6 Å². The van der Waals surface area contributed by atoms with E-state index in [-0.39, 0.29) is 6.10 Å². The predicted molar refractivity (Wildman–Crippen MR) is 55.4 cm³/mol. The summed E-state index contributed by atoms with van der Waals surface area (Å²) < 4.78 is 40.8. The molecule has 0 spiro atoms. The van der Waals surface area contributed by atoms with Crippen LogP contribution in [0.4, 0.5) is 13.2 Å². The normalized spacial score (nSPS) is 18.9. The minimum atomic E-state index is -4.12. The van der Waals surface area contributed by atoms with Gasteiger partial charge in [-0.1, -0.05) is 0 Å². The van der Waals surface area contributed by atoms with Gasteiger partial charge in [-0.15, -0.1) is 0 Å². The lowest BCUT2D eigenvalue weighted by molar-refractivity contribution is -0.124. The molecule has 1 aliphatic rings. The number of hydrogen-bond donors (Lipinski definition) is 2. The van der Waals surface area contributed by atoms with Crippen molar-refractivity contribution in [2.75, 3.05) is 32.8 Å². The zero-order valence-electron chi connectivity index (χ0n) is 9.28. The van der Waals surface area contributed by atoms with Crippen molar-refractivity contribution < 1.29 is 17.9 Å². The van der Waals surface area contributed by atoms with Gasteiger partial charge in [0, 0.05) is 6.61 Å². The number of halogens is 3. The largest absolute Gasteiger partial charge is 0.401 e. The first-order chi connectivity index (χ1) is 7.58. The van der Waals surface area contributed by atoms with Gasteiger partial charge in [0.1, 0.15) is 0 Å².